The lowest BCUT2D eigenvalue weighted by Gasteiger charge is -2.50. The maximum absolute atomic E-state index is 13.0. The van der Waals surface area contributed by atoms with E-state index >= 15 is 0 Å². The molecule has 0 saturated heterocycles. The summed E-state index contributed by atoms with van der Waals surface area (Å²) in [5.41, 5.74) is 1.74. The lowest BCUT2D eigenvalue weighted by atomic mass is 9.60. The van der Waals surface area contributed by atoms with Crippen molar-refractivity contribution in [1.29, 1.82) is 0 Å². The van der Waals surface area contributed by atoms with Gasteiger partial charge in [0.05, 0.1) is 0 Å². The molecule has 2 fully saturated rings. The van der Waals surface area contributed by atoms with Crippen LogP contribution in [0.5, 0.6) is 5.75 Å². The quantitative estimate of drug-likeness (QED) is 0.197. The van der Waals surface area contributed by atoms with E-state index in [1.54, 1.807) is 0 Å². The van der Waals surface area contributed by atoms with Gasteiger partial charge in [-0.2, -0.15) is 0 Å². The molecule has 2 bridgehead atoms. The molecule has 2 aliphatic carbocycles. The van der Waals surface area contributed by atoms with Crippen molar-refractivity contribution in [2.75, 3.05) is 6.61 Å². The summed E-state index contributed by atoms with van der Waals surface area (Å²) in [4.78, 5) is 14.3. The van der Waals surface area contributed by atoms with E-state index < -0.39 is 0 Å². The van der Waals surface area contributed by atoms with Crippen LogP contribution in [-0.2, 0) is 9.53 Å². The number of benzene rings is 3. The fourth-order valence-corrected chi connectivity index (χ4v) is 9.67. The Morgan fingerprint density at radius 1 is 0.946 bits per heavy atom. The molecule has 4 atom stereocenters. The highest BCUT2D eigenvalue weighted by Gasteiger charge is 2.49. The van der Waals surface area contributed by atoms with Gasteiger partial charge in [-0.15, -0.1) is 0 Å². The summed E-state index contributed by atoms with van der Waals surface area (Å²) in [6, 6.07) is 22.0. The lowest BCUT2D eigenvalue weighted by molar-refractivity contribution is -0.184. The van der Waals surface area contributed by atoms with Crippen molar-refractivity contribution >= 4 is 36.6 Å². The van der Waals surface area contributed by atoms with Gasteiger partial charge in [-0.05, 0) is 93.2 Å². The first-order chi connectivity index (χ1) is 17.8. The predicted octanol–water partition coefficient (Wildman–Crippen LogP) is 8.88. The van der Waals surface area contributed by atoms with Crippen LogP contribution in [0.15, 0.2) is 60.7 Å². The van der Waals surface area contributed by atoms with Crippen molar-refractivity contribution in [3.63, 3.8) is 0 Å². The topological polar surface area (TPSA) is 35.5 Å². The van der Waals surface area contributed by atoms with Crippen molar-refractivity contribution < 1.29 is 14.3 Å². The molecule has 1 aromatic heterocycles. The van der Waals surface area contributed by atoms with Gasteiger partial charge in [-0.3, -0.25) is 0 Å². The summed E-state index contributed by atoms with van der Waals surface area (Å²) in [5, 5.41) is 2.66. The molecule has 0 N–H and O–H groups in total. The van der Waals surface area contributed by atoms with Gasteiger partial charge < -0.3 is 9.47 Å². The summed E-state index contributed by atoms with van der Waals surface area (Å²) in [6.45, 7) is 8.54. The molecule has 3 aromatic carbocycles. The van der Waals surface area contributed by atoms with E-state index in [4.69, 9.17) is 9.47 Å². The normalized spacial score (nSPS) is 25.4. The highest BCUT2D eigenvalue weighted by Crippen LogP contribution is 2.51. The Balaban J connectivity index is 1.24. The van der Waals surface area contributed by atoms with Crippen molar-refractivity contribution in [1.82, 2.24) is 0 Å². The second kappa shape index (κ2) is 9.47. The highest BCUT2D eigenvalue weighted by molar-refractivity contribution is 7.50. The van der Waals surface area contributed by atoms with E-state index in [0.717, 1.165) is 29.2 Å². The lowest BCUT2D eigenvalue weighted by Crippen LogP contribution is -2.51. The third kappa shape index (κ3) is 4.24. The van der Waals surface area contributed by atoms with Crippen molar-refractivity contribution in [3.05, 3.63) is 71.8 Å². The Morgan fingerprint density at radius 2 is 1.57 bits per heavy atom. The Morgan fingerprint density at radius 3 is 2.22 bits per heavy atom. The van der Waals surface area contributed by atoms with E-state index in [9.17, 15) is 4.79 Å². The maximum atomic E-state index is 13.0. The van der Waals surface area contributed by atoms with E-state index in [1.165, 1.54) is 50.8 Å². The van der Waals surface area contributed by atoms with Crippen LogP contribution in [0.2, 0.25) is 0 Å². The summed E-state index contributed by atoms with van der Waals surface area (Å²) >= 11 is 0. The summed E-state index contributed by atoms with van der Waals surface area (Å²) < 4.78 is 15.1. The molecule has 0 spiro atoms. The summed E-state index contributed by atoms with van der Waals surface area (Å²) in [6.07, 6.45) is 6.12. The largest absolute Gasteiger partial charge is 0.481 e. The minimum Gasteiger partial charge on any atom is -0.481 e. The molecule has 4 unspecified atom stereocenters. The molecule has 4 heteroatoms. The fraction of sp³-hybridized carbons (Fsp3) is 0.424. The van der Waals surface area contributed by atoms with Crippen LogP contribution < -0.4 is 4.74 Å². The molecule has 0 aliphatic heterocycles. The van der Waals surface area contributed by atoms with Gasteiger partial charge in [0.25, 0.3) is 0 Å². The second-order valence-corrected chi connectivity index (χ2v) is 13.5. The number of carbonyl (C=O) groups is 1. The van der Waals surface area contributed by atoms with Crippen LogP contribution >= 0.6 is 10.5 Å². The number of hydrogen-bond donors (Lipinski definition) is 0. The van der Waals surface area contributed by atoms with Crippen LogP contribution in [-0.4, -0.2) is 18.2 Å². The zero-order chi connectivity index (χ0) is 25.7. The Hall–Kier alpha value is -2.85. The van der Waals surface area contributed by atoms with Gasteiger partial charge in [0.2, 0.25) is 0 Å². The molecule has 4 aromatic rings. The van der Waals surface area contributed by atoms with Crippen molar-refractivity contribution in [2.45, 2.75) is 65.4 Å². The van der Waals surface area contributed by atoms with Crippen LogP contribution in [0.1, 0.15) is 57.1 Å². The minimum absolute atomic E-state index is 0.0448. The highest BCUT2D eigenvalue weighted by atomic mass is 32.2. The average molecular weight is 514 g/mol. The molecular weight excluding hydrogens is 476 g/mol. The Labute approximate surface area is 222 Å². The number of carbonyl (C=O) groups excluding carboxylic acids is 1. The molecular formula is C33H37O3S+. The first-order valence-electron chi connectivity index (χ1n) is 13.7. The summed E-state index contributed by atoms with van der Waals surface area (Å²) in [7, 11) is -0.147. The van der Waals surface area contributed by atoms with Crippen LogP contribution in [0.4, 0.5) is 0 Å². The van der Waals surface area contributed by atoms with Gasteiger partial charge >= 0.3 is 5.97 Å². The van der Waals surface area contributed by atoms with E-state index in [1.807, 2.05) is 0 Å². The minimum atomic E-state index is -0.379. The number of ether oxygens (including phenoxy) is 2. The maximum Gasteiger partial charge on any atom is 0.344 e. The molecule has 192 valence electrons. The van der Waals surface area contributed by atoms with Gasteiger partial charge in [0.1, 0.15) is 11.4 Å². The molecule has 0 amide bonds. The third-order valence-electron chi connectivity index (χ3n) is 9.10. The van der Waals surface area contributed by atoms with Crippen LogP contribution in [0.25, 0.3) is 25.1 Å². The molecule has 3 nitrogen and oxygen atoms in total. The number of hydrogen-bond acceptors (Lipinski definition) is 3. The smallest absolute Gasteiger partial charge is 0.344 e. The van der Waals surface area contributed by atoms with Crippen LogP contribution in [0.3, 0.4) is 0 Å². The molecule has 1 heterocycles. The Kier molecular flexibility index (Phi) is 6.27. The molecule has 37 heavy (non-hydrogen) atoms. The van der Waals surface area contributed by atoms with Crippen molar-refractivity contribution in [3.8, 4) is 10.6 Å². The van der Waals surface area contributed by atoms with E-state index in [0.29, 0.717) is 11.8 Å². The molecule has 6 rings (SSSR count). The SMILES string of the molecule is Cc1cc(-[s+]2c3ccccc3c3ccccc32)cc(C)c1OCC(=O)OC1(C)C(C)CC2CCCC1C2. The first-order valence-corrected chi connectivity index (χ1v) is 15.0. The van der Waals surface area contributed by atoms with E-state index in [2.05, 4.69) is 88.4 Å². The zero-order valence-electron chi connectivity index (χ0n) is 22.4. The summed E-state index contributed by atoms with van der Waals surface area (Å²) in [5.74, 6) is 2.22. The number of aryl methyl sites for hydroxylation is 2. The van der Waals surface area contributed by atoms with Gasteiger partial charge in [0.15, 0.2) is 20.9 Å². The number of fused-ring (bicyclic) bond motifs is 5. The van der Waals surface area contributed by atoms with Gasteiger partial charge in [-0.25, -0.2) is 4.79 Å². The molecule has 2 aliphatic rings. The second-order valence-electron chi connectivity index (χ2n) is 11.5. The zero-order valence-corrected chi connectivity index (χ0v) is 23.2. The van der Waals surface area contributed by atoms with Crippen LogP contribution in [0, 0.1) is 31.6 Å². The monoisotopic (exact) mass is 513 g/mol. The van der Waals surface area contributed by atoms with Gasteiger partial charge in [0, 0.05) is 33.4 Å². The third-order valence-corrected chi connectivity index (χ3v) is 11.4. The number of esters is 1. The first kappa shape index (κ1) is 24.5. The van der Waals surface area contributed by atoms with E-state index in [-0.39, 0.29) is 28.6 Å². The fourth-order valence-electron chi connectivity index (χ4n) is 7.11. The van der Waals surface area contributed by atoms with Crippen molar-refractivity contribution in [2.24, 2.45) is 17.8 Å². The average Bonchev–Trinajstić information content (AvgIpc) is 3.22. The Bertz CT molecular complexity index is 1410. The number of thiophene rings is 1. The standard InChI is InChI=1S/C33H37O3S/c1-21-16-26(37-29-14-7-5-12-27(29)28-13-6-8-15-30(28)37)17-22(2)32(21)35-20-31(34)36-33(4)23(3)18-24-10-9-11-25(33)19-24/h5-8,12-17,23-25H,9-11,18-20H2,1-4H3/q+1. The molecule has 2 saturated carbocycles. The molecule has 0 radical (unpaired) electrons. The predicted molar refractivity (Wildman–Crippen MR) is 154 cm³/mol. The number of rotatable bonds is 5. The van der Waals surface area contributed by atoms with Gasteiger partial charge in [-0.1, -0.05) is 44.0 Å².